The molecule has 0 atom stereocenters. The fraction of sp³-hybridized carbons (Fsp3) is 0.160. The lowest BCUT2D eigenvalue weighted by Gasteiger charge is -2.30. The summed E-state index contributed by atoms with van der Waals surface area (Å²) >= 11 is 0. The molecule has 0 unspecified atom stereocenters. The molecule has 0 saturated heterocycles. The SMILES string of the molecule is Cc1ccc(N(C(C)C)S(=O)(=O)c2ccccc2)c(/C=C/c2ccc(C(=O)O)cc2)c1. The number of carboxylic acids is 1. The number of sulfonamides is 1. The number of hydrogen-bond acceptors (Lipinski definition) is 3. The molecule has 3 rings (SSSR count). The Bertz CT molecular complexity index is 1200. The van der Waals surface area contributed by atoms with Crippen molar-refractivity contribution in [1.29, 1.82) is 0 Å². The third-order valence-electron chi connectivity index (χ3n) is 4.80. The van der Waals surface area contributed by atoms with E-state index in [0.29, 0.717) is 5.69 Å². The van der Waals surface area contributed by atoms with Crippen LogP contribution in [0.15, 0.2) is 77.7 Å². The second kappa shape index (κ2) is 9.18. The van der Waals surface area contributed by atoms with Crippen LogP contribution >= 0.6 is 0 Å². The van der Waals surface area contributed by atoms with E-state index in [-0.39, 0.29) is 16.5 Å². The lowest BCUT2D eigenvalue weighted by molar-refractivity contribution is 0.0697. The first-order chi connectivity index (χ1) is 14.7. The van der Waals surface area contributed by atoms with Gasteiger partial charge < -0.3 is 5.11 Å². The topological polar surface area (TPSA) is 74.7 Å². The van der Waals surface area contributed by atoms with Crippen LogP contribution in [0, 0.1) is 6.92 Å². The highest BCUT2D eigenvalue weighted by atomic mass is 32.2. The summed E-state index contributed by atoms with van der Waals surface area (Å²) in [6.45, 7) is 5.64. The van der Waals surface area contributed by atoms with Crippen molar-refractivity contribution in [3.05, 3.63) is 95.1 Å². The van der Waals surface area contributed by atoms with Gasteiger partial charge in [0.1, 0.15) is 0 Å². The van der Waals surface area contributed by atoms with Crippen molar-refractivity contribution >= 4 is 33.8 Å². The normalized spacial score (nSPS) is 11.7. The Morgan fingerprint density at radius 1 is 0.935 bits per heavy atom. The van der Waals surface area contributed by atoms with Gasteiger partial charge in [0.15, 0.2) is 0 Å². The number of carboxylic acid groups (broad SMARTS) is 1. The van der Waals surface area contributed by atoms with E-state index >= 15 is 0 Å². The van der Waals surface area contributed by atoms with Crippen molar-refractivity contribution in [2.45, 2.75) is 31.7 Å². The minimum atomic E-state index is -3.75. The van der Waals surface area contributed by atoms with Crippen LogP contribution in [-0.2, 0) is 10.0 Å². The molecule has 3 aromatic carbocycles. The molecule has 0 fully saturated rings. The van der Waals surface area contributed by atoms with E-state index in [1.165, 1.54) is 4.31 Å². The van der Waals surface area contributed by atoms with Gasteiger partial charge in [0.05, 0.1) is 16.1 Å². The molecular formula is C25H25NO4S. The maximum atomic E-state index is 13.4. The molecule has 0 radical (unpaired) electrons. The molecule has 0 saturated carbocycles. The summed E-state index contributed by atoms with van der Waals surface area (Å²) in [7, 11) is -3.75. The summed E-state index contributed by atoms with van der Waals surface area (Å²) in [5.74, 6) is -0.977. The molecule has 0 aromatic heterocycles. The number of carbonyl (C=O) groups is 1. The van der Waals surface area contributed by atoms with E-state index in [2.05, 4.69) is 0 Å². The smallest absolute Gasteiger partial charge is 0.335 e. The molecule has 0 aliphatic carbocycles. The summed E-state index contributed by atoms with van der Waals surface area (Å²) in [5, 5.41) is 9.05. The Balaban J connectivity index is 2.05. The second-order valence-corrected chi connectivity index (χ2v) is 9.35. The minimum Gasteiger partial charge on any atom is -0.478 e. The third kappa shape index (κ3) is 5.03. The molecule has 3 aromatic rings. The van der Waals surface area contributed by atoms with Crippen LogP contribution in [0.25, 0.3) is 12.2 Å². The molecule has 0 aliphatic heterocycles. The Labute approximate surface area is 183 Å². The van der Waals surface area contributed by atoms with Crippen LogP contribution in [0.3, 0.4) is 0 Å². The molecule has 31 heavy (non-hydrogen) atoms. The fourth-order valence-electron chi connectivity index (χ4n) is 3.32. The molecule has 0 aliphatic rings. The maximum absolute atomic E-state index is 13.4. The van der Waals surface area contributed by atoms with E-state index in [1.54, 1.807) is 54.6 Å². The predicted molar refractivity (Wildman–Crippen MR) is 125 cm³/mol. The molecule has 0 amide bonds. The van der Waals surface area contributed by atoms with Gasteiger partial charge in [-0.2, -0.15) is 0 Å². The fourth-order valence-corrected chi connectivity index (χ4v) is 5.03. The van der Waals surface area contributed by atoms with E-state index in [1.807, 2.05) is 51.1 Å². The van der Waals surface area contributed by atoms with Gasteiger partial charge in [-0.1, -0.05) is 54.1 Å². The van der Waals surface area contributed by atoms with Gasteiger partial charge in [-0.15, -0.1) is 0 Å². The van der Waals surface area contributed by atoms with Gasteiger partial charge >= 0.3 is 5.97 Å². The number of aromatic carboxylic acids is 1. The minimum absolute atomic E-state index is 0.216. The maximum Gasteiger partial charge on any atom is 0.335 e. The Morgan fingerprint density at radius 3 is 2.16 bits per heavy atom. The van der Waals surface area contributed by atoms with Gasteiger partial charge in [0, 0.05) is 6.04 Å². The van der Waals surface area contributed by atoms with Crippen molar-refractivity contribution in [2.75, 3.05) is 4.31 Å². The molecule has 5 nitrogen and oxygen atoms in total. The van der Waals surface area contributed by atoms with Crippen molar-refractivity contribution < 1.29 is 18.3 Å². The van der Waals surface area contributed by atoms with Crippen LogP contribution in [0.2, 0.25) is 0 Å². The molecule has 0 heterocycles. The van der Waals surface area contributed by atoms with E-state index in [0.717, 1.165) is 16.7 Å². The Kier molecular flexibility index (Phi) is 6.61. The Hall–Kier alpha value is -3.38. The predicted octanol–water partition coefficient (Wildman–Crippen LogP) is 5.47. The molecule has 1 N–H and O–H groups in total. The van der Waals surface area contributed by atoms with Gasteiger partial charge in [-0.05, 0) is 68.3 Å². The van der Waals surface area contributed by atoms with Crippen LogP contribution in [0.5, 0.6) is 0 Å². The molecule has 0 bridgehead atoms. The average molecular weight is 436 g/mol. The summed E-state index contributed by atoms with van der Waals surface area (Å²) in [4.78, 5) is 11.3. The first kappa shape index (κ1) is 22.3. The Morgan fingerprint density at radius 2 is 1.58 bits per heavy atom. The molecule has 160 valence electrons. The zero-order valence-electron chi connectivity index (χ0n) is 17.7. The summed E-state index contributed by atoms with van der Waals surface area (Å²) in [6, 6.07) is 20.3. The highest BCUT2D eigenvalue weighted by Crippen LogP contribution is 2.31. The van der Waals surface area contributed by atoms with Crippen molar-refractivity contribution in [3.8, 4) is 0 Å². The zero-order valence-corrected chi connectivity index (χ0v) is 18.5. The van der Waals surface area contributed by atoms with E-state index in [4.69, 9.17) is 5.11 Å². The lowest BCUT2D eigenvalue weighted by atomic mass is 10.1. The summed E-state index contributed by atoms with van der Waals surface area (Å²) in [6.07, 6.45) is 3.70. The largest absolute Gasteiger partial charge is 0.478 e. The highest BCUT2D eigenvalue weighted by Gasteiger charge is 2.28. The molecule has 0 spiro atoms. The third-order valence-corrected chi connectivity index (χ3v) is 6.81. The number of rotatable bonds is 7. The second-order valence-electron chi connectivity index (χ2n) is 7.53. The first-order valence-electron chi connectivity index (χ1n) is 9.92. The van der Waals surface area contributed by atoms with Crippen molar-refractivity contribution in [3.63, 3.8) is 0 Å². The number of nitrogens with zero attached hydrogens (tertiary/aromatic N) is 1. The van der Waals surface area contributed by atoms with Gasteiger partial charge in [0.25, 0.3) is 10.0 Å². The summed E-state index contributed by atoms with van der Waals surface area (Å²) in [5.41, 5.74) is 3.39. The average Bonchev–Trinajstić information content (AvgIpc) is 2.74. The van der Waals surface area contributed by atoms with Crippen LogP contribution in [0.4, 0.5) is 5.69 Å². The van der Waals surface area contributed by atoms with E-state index < -0.39 is 16.0 Å². The van der Waals surface area contributed by atoms with Crippen LogP contribution < -0.4 is 4.31 Å². The molecule has 6 heteroatoms. The van der Waals surface area contributed by atoms with Gasteiger partial charge in [0.2, 0.25) is 0 Å². The standard InChI is InChI=1S/C25H25NO4S/c1-18(2)26(31(29,30)23-7-5-4-6-8-23)24-16-9-19(3)17-22(24)15-12-20-10-13-21(14-11-20)25(27)28/h4-18H,1-3H3,(H,27,28)/b15-12+. The lowest BCUT2D eigenvalue weighted by Crippen LogP contribution is -2.37. The monoisotopic (exact) mass is 435 g/mol. The number of benzene rings is 3. The summed E-state index contributed by atoms with van der Waals surface area (Å²) < 4.78 is 28.3. The van der Waals surface area contributed by atoms with Gasteiger partial charge in [-0.3, -0.25) is 4.31 Å². The highest BCUT2D eigenvalue weighted by molar-refractivity contribution is 7.92. The number of anilines is 1. The first-order valence-corrected chi connectivity index (χ1v) is 11.4. The number of hydrogen-bond donors (Lipinski definition) is 1. The van der Waals surface area contributed by atoms with Crippen molar-refractivity contribution in [2.24, 2.45) is 0 Å². The molecular weight excluding hydrogens is 410 g/mol. The van der Waals surface area contributed by atoms with E-state index in [9.17, 15) is 13.2 Å². The number of aryl methyl sites for hydroxylation is 1. The zero-order chi connectivity index (χ0) is 22.6. The van der Waals surface area contributed by atoms with Gasteiger partial charge in [-0.25, -0.2) is 13.2 Å². The van der Waals surface area contributed by atoms with Crippen LogP contribution in [-0.4, -0.2) is 25.5 Å². The van der Waals surface area contributed by atoms with Crippen LogP contribution in [0.1, 0.15) is 40.9 Å². The van der Waals surface area contributed by atoms with Crippen molar-refractivity contribution in [1.82, 2.24) is 0 Å². The quantitative estimate of drug-likeness (QED) is 0.500.